The molecule has 12 heteroatoms. The number of amides is 1. The van der Waals surface area contributed by atoms with Crippen molar-refractivity contribution in [2.24, 2.45) is 0 Å². The summed E-state index contributed by atoms with van der Waals surface area (Å²) in [5, 5.41) is 33.7. The monoisotopic (exact) mass is 412 g/mol. The second kappa shape index (κ2) is 14.7. The van der Waals surface area contributed by atoms with E-state index in [9.17, 15) is 24.6 Å². The van der Waals surface area contributed by atoms with Crippen molar-refractivity contribution in [3.05, 3.63) is 0 Å². The van der Waals surface area contributed by atoms with Gasteiger partial charge in [0, 0.05) is 6.92 Å². The molecule has 0 aromatic rings. The van der Waals surface area contributed by atoms with E-state index in [1.165, 1.54) is 13.8 Å². The van der Waals surface area contributed by atoms with Gasteiger partial charge in [-0.05, 0) is 6.92 Å². The third-order valence-electron chi connectivity index (χ3n) is 3.30. The van der Waals surface area contributed by atoms with E-state index >= 15 is 0 Å². The van der Waals surface area contributed by atoms with Gasteiger partial charge in [-0.15, -0.1) is 0 Å². The second-order valence-corrected chi connectivity index (χ2v) is 5.80. The van der Waals surface area contributed by atoms with Crippen LogP contribution in [0.25, 0.3) is 0 Å². The zero-order valence-electron chi connectivity index (χ0n) is 15.2. The molecule has 0 spiro atoms. The molecule has 1 amide bonds. The van der Waals surface area contributed by atoms with E-state index in [2.05, 4.69) is 23.3 Å². The highest BCUT2D eigenvalue weighted by Gasteiger charge is 2.32. The largest absolute Gasteiger partial charge is 0.457 e. The summed E-state index contributed by atoms with van der Waals surface area (Å²) in [6.07, 6.45) is -4.24. The molecule has 158 valence electrons. The standard InChI is InChI=1S/C15H28N2O9S/c1-9(21)16-3-12(26-14(22)7-27)15(23)13(6-20)25-10(2)24-8-17-11(4-18)5-19/h4,10-13,15,17,19-20,23,27H,3,5-8H2,1-2H3,(H,16,21)/t10?,11-,12?,13?,15?/m1/s1. The number of hydrogen-bond donors (Lipinski definition) is 6. The number of carbonyl (C=O) groups is 3. The Balaban J connectivity index is 4.73. The Morgan fingerprint density at radius 1 is 1.22 bits per heavy atom. The van der Waals surface area contributed by atoms with Crippen molar-refractivity contribution in [1.82, 2.24) is 10.6 Å². The van der Waals surface area contributed by atoms with Crippen LogP contribution >= 0.6 is 12.6 Å². The minimum atomic E-state index is -1.47. The molecule has 0 aliphatic rings. The Morgan fingerprint density at radius 3 is 2.37 bits per heavy atom. The van der Waals surface area contributed by atoms with Crippen LogP contribution in [0.4, 0.5) is 0 Å². The first-order chi connectivity index (χ1) is 12.8. The maximum absolute atomic E-state index is 11.5. The molecule has 5 N–H and O–H groups in total. The number of ether oxygens (including phenoxy) is 3. The Labute approximate surface area is 162 Å². The minimum absolute atomic E-state index is 0.136. The Bertz CT molecular complexity index is 455. The quantitative estimate of drug-likeness (QED) is 0.0715. The lowest BCUT2D eigenvalue weighted by atomic mass is 10.1. The van der Waals surface area contributed by atoms with E-state index in [0.717, 1.165) is 0 Å². The lowest BCUT2D eigenvalue weighted by Crippen LogP contribution is -2.50. The van der Waals surface area contributed by atoms with Gasteiger partial charge in [0.25, 0.3) is 0 Å². The van der Waals surface area contributed by atoms with Gasteiger partial charge in [-0.1, -0.05) is 0 Å². The molecule has 0 saturated heterocycles. The highest BCUT2D eigenvalue weighted by Crippen LogP contribution is 2.11. The molecule has 0 rings (SSSR count). The fourth-order valence-corrected chi connectivity index (χ4v) is 1.94. The minimum Gasteiger partial charge on any atom is -0.457 e. The summed E-state index contributed by atoms with van der Waals surface area (Å²) in [6.45, 7) is 1.39. The number of nitrogens with one attached hydrogen (secondary N) is 2. The summed E-state index contributed by atoms with van der Waals surface area (Å²) >= 11 is 3.77. The van der Waals surface area contributed by atoms with Gasteiger partial charge in [-0.2, -0.15) is 12.6 Å². The molecule has 11 nitrogen and oxygen atoms in total. The molecule has 5 atom stereocenters. The van der Waals surface area contributed by atoms with Crippen molar-refractivity contribution in [3.8, 4) is 0 Å². The van der Waals surface area contributed by atoms with Gasteiger partial charge >= 0.3 is 5.97 Å². The van der Waals surface area contributed by atoms with E-state index in [0.29, 0.717) is 6.29 Å². The van der Waals surface area contributed by atoms with Crippen molar-refractivity contribution >= 4 is 30.8 Å². The maximum Gasteiger partial charge on any atom is 0.316 e. The molecular weight excluding hydrogens is 384 g/mol. The van der Waals surface area contributed by atoms with Crippen molar-refractivity contribution in [1.29, 1.82) is 0 Å². The third kappa shape index (κ3) is 11.2. The number of esters is 1. The molecule has 0 heterocycles. The lowest BCUT2D eigenvalue weighted by Gasteiger charge is -2.30. The first-order valence-corrected chi connectivity index (χ1v) is 8.82. The number of thiol groups is 1. The van der Waals surface area contributed by atoms with Crippen LogP contribution in [0, 0.1) is 0 Å². The van der Waals surface area contributed by atoms with Crippen molar-refractivity contribution in [3.63, 3.8) is 0 Å². The van der Waals surface area contributed by atoms with Crippen LogP contribution in [0.5, 0.6) is 0 Å². The molecule has 0 aromatic carbocycles. The van der Waals surface area contributed by atoms with Crippen LogP contribution in [0.15, 0.2) is 0 Å². The predicted molar refractivity (Wildman–Crippen MR) is 95.9 cm³/mol. The van der Waals surface area contributed by atoms with Gasteiger partial charge < -0.3 is 39.6 Å². The number of rotatable bonds is 15. The summed E-state index contributed by atoms with van der Waals surface area (Å²) < 4.78 is 15.6. The average molecular weight is 412 g/mol. The lowest BCUT2D eigenvalue weighted by molar-refractivity contribution is -0.210. The molecule has 0 saturated carbocycles. The van der Waals surface area contributed by atoms with Crippen LogP contribution in [0.1, 0.15) is 13.8 Å². The zero-order valence-corrected chi connectivity index (χ0v) is 16.1. The Hall–Kier alpha value is -1.28. The molecule has 0 fully saturated rings. The van der Waals surface area contributed by atoms with Gasteiger partial charge in [-0.25, -0.2) is 0 Å². The number of hydrogen-bond acceptors (Lipinski definition) is 11. The van der Waals surface area contributed by atoms with Gasteiger partial charge in [-0.3, -0.25) is 14.9 Å². The molecule has 0 radical (unpaired) electrons. The summed E-state index contributed by atoms with van der Waals surface area (Å²) in [5.74, 6) is -1.35. The van der Waals surface area contributed by atoms with E-state index in [1.807, 2.05) is 0 Å². The summed E-state index contributed by atoms with van der Waals surface area (Å²) in [5.41, 5.74) is 0. The normalized spacial score (nSPS) is 16.7. The van der Waals surface area contributed by atoms with Crippen LogP contribution in [-0.2, 0) is 28.6 Å². The topological polar surface area (TPSA) is 164 Å². The van der Waals surface area contributed by atoms with Crippen molar-refractivity contribution < 1.29 is 43.9 Å². The van der Waals surface area contributed by atoms with E-state index in [1.54, 1.807) is 0 Å². The average Bonchev–Trinajstić information content (AvgIpc) is 2.65. The number of aliphatic hydroxyl groups is 3. The van der Waals surface area contributed by atoms with Crippen molar-refractivity contribution in [2.45, 2.75) is 44.5 Å². The van der Waals surface area contributed by atoms with Crippen LogP contribution in [0.3, 0.4) is 0 Å². The zero-order chi connectivity index (χ0) is 20.8. The van der Waals surface area contributed by atoms with Crippen molar-refractivity contribution in [2.75, 3.05) is 32.2 Å². The second-order valence-electron chi connectivity index (χ2n) is 5.48. The Kier molecular flexibility index (Phi) is 14.0. The number of carbonyl (C=O) groups excluding carboxylic acids is 3. The number of aliphatic hydroxyl groups excluding tert-OH is 3. The molecule has 4 unspecified atom stereocenters. The molecule has 0 aromatic heterocycles. The van der Waals surface area contributed by atoms with Gasteiger partial charge in [0.1, 0.15) is 31.3 Å². The summed E-state index contributed by atoms with van der Waals surface area (Å²) in [7, 11) is 0. The predicted octanol–water partition coefficient (Wildman–Crippen LogP) is -2.83. The van der Waals surface area contributed by atoms with Crippen LogP contribution in [0.2, 0.25) is 0 Å². The molecule has 0 aliphatic heterocycles. The van der Waals surface area contributed by atoms with Gasteiger partial charge in [0.05, 0.1) is 31.6 Å². The number of aldehydes is 1. The first kappa shape index (κ1) is 25.7. The Morgan fingerprint density at radius 2 is 1.89 bits per heavy atom. The van der Waals surface area contributed by atoms with E-state index in [4.69, 9.17) is 19.3 Å². The smallest absolute Gasteiger partial charge is 0.316 e. The fourth-order valence-electron chi connectivity index (χ4n) is 1.87. The van der Waals surface area contributed by atoms with Crippen LogP contribution < -0.4 is 10.6 Å². The fraction of sp³-hybridized carbons (Fsp3) is 0.800. The highest BCUT2D eigenvalue weighted by atomic mass is 32.1. The third-order valence-corrected chi connectivity index (χ3v) is 3.56. The molecule has 27 heavy (non-hydrogen) atoms. The van der Waals surface area contributed by atoms with Gasteiger partial charge in [0.15, 0.2) is 6.29 Å². The first-order valence-electron chi connectivity index (χ1n) is 8.19. The van der Waals surface area contributed by atoms with E-state index < -0.39 is 55.7 Å². The molecule has 0 aliphatic carbocycles. The van der Waals surface area contributed by atoms with Gasteiger partial charge in [0.2, 0.25) is 5.91 Å². The maximum atomic E-state index is 11.5. The highest BCUT2D eigenvalue weighted by molar-refractivity contribution is 7.81. The summed E-state index contributed by atoms with van der Waals surface area (Å²) in [6, 6.07) is -0.792. The van der Waals surface area contributed by atoms with E-state index in [-0.39, 0.29) is 19.0 Å². The summed E-state index contributed by atoms with van der Waals surface area (Å²) in [4.78, 5) is 33.1. The van der Waals surface area contributed by atoms with Crippen LogP contribution in [-0.4, -0.2) is 96.4 Å². The SMILES string of the molecule is CC(=O)NCC(OC(=O)CS)C(O)C(CO)OC(C)OCN[C@H](C=O)CO. The molecule has 0 bridgehead atoms. The molecular formula is C15H28N2O9S.